The molecule has 0 saturated carbocycles. The van der Waals surface area contributed by atoms with Crippen LogP contribution in [-0.2, 0) is 17.9 Å². The van der Waals surface area contributed by atoms with E-state index < -0.39 is 0 Å². The highest BCUT2D eigenvalue weighted by Gasteiger charge is 2.11. The monoisotopic (exact) mass is 353 g/mol. The lowest BCUT2D eigenvalue weighted by Crippen LogP contribution is -2.23. The minimum atomic E-state index is -0.330. The fraction of sp³-hybridized carbons (Fsp3) is 0.222. The van der Waals surface area contributed by atoms with Crippen molar-refractivity contribution in [3.63, 3.8) is 0 Å². The number of rotatable bonds is 5. The van der Waals surface area contributed by atoms with E-state index in [0.717, 1.165) is 16.9 Å². The van der Waals surface area contributed by atoms with E-state index in [1.54, 1.807) is 11.5 Å². The highest BCUT2D eigenvalue weighted by atomic mass is 16.3. The van der Waals surface area contributed by atoms with E-state index in [9.17, 15) is 15.0 Å². The fourth-order valence-corrected chi connectivity index (χ4v) is 2.67. The lowest BCUT2D eigenvalue weighted by Gasteiger charge is -2.08. The fourth-order valence-electron chi connectivity index (χ4n) is 2.67. The van der Waals surface area contributed by atoms with Crippen molar-refractivity contribution in [2.24, 2.45) is 5.10 Å². The number of aromatic hydroxyl groups is 1. The second kappa shape index (κ2) is 7.32. The molecule has 8 heteroatoms. The largest absolute Gasteiger partial charge is 0.505 e. The molecule has 26 heavy (non-hydrogen) atoms. The molecule has 0 radical (unpaired) electrons. The molecule has 0 atom stereocenters. The second-order valence-corrected chi connectivity index (χ2v) is 5.82. The van der Waals surface area contributed by atoms with Crippen molar-refractivity contribution in [3.05, 3.63) is 53.1 Å². The molecular weight excluding hydrogens is 334 g/mol. The summed E-state index contributed by atoms with van der Waals surface area (Å²) in [6, 6.07) is 7.57. The first-order valence-electron chi connectivity index (χ1n) is 8.03. The molecule has 1 aromatic carbocycles. The summed E-state index contributed by atoms with van der Waals surface area (Å²) in [6.07, 6.45) is 2.76. The van der Waals surface area contributed by atoms with Gasteiger partial charge in [-0.1, -0.05) is 12.1 Å². The normalized spacial score (nSPS) is 11.3. The molecule has 0 saturated heterocycles. The van der Waals surface area contributed by atoms with Gasteiger partial charge < -0.3 is 14.8 Å². The van der Waals surface area contributed by atoms with Crippen molar-refractivity contribution < 1.29 is 15.0 Å². The first-order valence-corrected chi connectivity index (χ1v) is 8.03. The number of para-hydroxylation sites is 2. The number of aliphatic hydroxyl groups is 1. The number of benzene rings is 1. The van der Waals surface area contributed by atoms with E-state index >= 15 is 0 Å². The van der Waals surface area contributed by atoms with Crippen LogP contribution < -0.4 is 5.43 Å². The third-order valence-corrected chi connectivity index (χ3v) is 4.06. The average Bonchev–Trinajstić information content (AvgIpc) is 2.94. The van der Waals surface area contributed by atoms with Crippen LogP contribution in [0.2, 0.25) is 0 Å². The van der Waals surface area contributed by atoms with Crippen LogP contribution in [0.5, 0.6) is 5.75 Å². The second-order valence-electron chi connectivity index (χ2n) is 5.82. The standard InChI is InChI=1S/C18H19N5O3/c1-11-18(26)14(13(10-24)7-19-11)8-20-22-17(25)9-23-12(2)21-15-5-3-4-6-16(15)23/h3-8,24,26H,9-10H2,1-2H3,(H,22,25)/b20-8+. The summed E-state index contributed by atoms with van der Waals surface area (Å²) in [5.74, 6) is 0.324. The Kier molecular flexibility index (Phi) is 4.94. The molecule has 8 nitrogen and oxygen atoms in total. The Balaban J connectivity index is 1.74. The Labute approximate surface area is 149 Å². The molecule has 0 unspecified atom stereocenters. The van der Waals surface area contributed by atoms with E-state index in [0.29, 0.717) is 16.8 Å². The third-order valence-electron chi connectivity index (χ3n) is 4.06. The Morgan fingerprint density at radius 1 is 1.35 bits per heavy atom. The van der Waals surface area contributed by atoms with Crippen molar-refractivity contribution in [3.8, 4) is 5.75 Å². The number of aromatic nitrogens is 3. The van der Waals surface area contributed by atoms with Gasteiger partial charge in [0, 0.05) is 17.3 Å². The Bertz CT molecular complexity index is 994. The van der Waals surface area contributed by atoms with Gasteiger partial charge in [0.05, 0.1) is 29.5 Å². The molecule has 0 aliphatic heterocycles. The minimum absolute atomic E-state index is 0.0674. The smallest absolute Gasteiger partial charge is 0.260 e. The molecule has 3 rings (SSSR count). The van der Waals surface area contributed by atoms with Crippen LogP contribution in [0.1, 0.15) is 22.6 Å². The number of pyridine rings is 1. The van der Waals surface area contributed by atoms with Crippen LogP contribution >= 0.6 is 0 Å². The van der Waals surface area contributed by atoms with Crippen LogP contribution in [0.15, 0.2) is 35.6 Å². The van der Waals surface area contributed by atoms with Gasteiger partial charge in [-0.2, -0.15) is 5.10 Å². The zero-order valence-corrected chi connectivity index (χ0v) is 14.5. The molecule has 0 aliphatic rings. The predicted molar refractivity (Wildman–Crippen MR) is 96.8 cm³/mol. The zero-order valence-electron chi connectivity index (χ0n) is 14.5. The Hall–Kier alpha value is -3.26. The number of hydrogen-bond donors (Lipinski definition) is 3. The SMILES string of the molecule is Cc1ncc(CO)c(/C=N/NC(=O)Cn2c(C)nc3ccccc32)c1O. The highest BCUT2D eigenvalue weighted by Crippen LogP contribution is 2.21. The molecule has 0 spiro atoms. The van der Waals surface area contributed by atoms with Gasteiger partial charge in [0.1, 0.15) is 18.1 Å². The van der Waals surface area contributed by atoms with Gasteiger partial charge in [0.2, 0.25) is 0 Å². The van der Waals surface area contributed by atoms with E-state index in [-0.39, 0.29) is 24.8 Å². The first kappa shape index (κ1) is 17.6. The number of nitrogens with zero attached hydrogens (tertiary/aromatic N) is 4. The predicted octanol–water partition coefficient (Wildman–Crippen LogP) is 1.40. The van der Waals surface area contributed by atoms with Gasteiger partial charge >= 0.3 is 0 Å². The number of fused-ring (bicyclic) bond motifs is 1. The van der Waals surface area contributed by atoms with Crippen LogP contribution in [0.3, 0.4) is 0 Å². The maximum Gasteiger partial charge on any atom is 0.260 e. The zero-order chi connectivity index (χ0) is 18.7. The van der Waals surface area contributed by atoms with Crippen molar-refractivity contribution in [2.75, 3.05) is 0 Å². The number of imidazole rings is 1. The van der Waals surface area contributed by atoms with Crippen molar-refractivity contribution in [2.45, 2.75) is 27.0 Å². The number of nitrogens with one attached hydrogen (secondary N) is 1. The van der Waals surface area contributed by atoms with Gasteiger partial charge in [-0.25, -0.2) is 10.4 Å². The van der Waals surface area contributed by atoms with E-state index in [1.807, 2.05) is 31.2 Å². The summed E-state index contributed by atoms with van der Waals surface area (Å²) >= 11 is 0. The molecule has 0 aliphatic carbocycles. The molecule has 134 valence electrons. The topological polar surface area (TPSA) is 113 Å². The number of amides is 1. The number of aliphatic hydroxyl groups excluding tert-OH is 1. The maximum absolute atomic E-state index is 12.2. The van der Waals surface area contributed by atoms with Crippen LogP contribution in [0, 0.1) is 13.8 Å². The van der Waals surface area contributed by atoms with Crippen molar-refractivity contribution in [1.29, 1.82) is 0 Å². The van der Waals surface area contributed by atoms with E-state index in [4.69, 9.17) is 0 Å². The molecule has 0 bridgehead atoms. The Morgan fingerprint density at radius 2 is 2.12 bits per heavy atom. The van der Waals surface area contributed by atoms with Gasteiger partial charge in [0.15, 0.2) is 0 Å². The lowest BCUT2D eigenvalue weighted by atomic mass is 10.1. The molecule has 2 aromatic heterocycles. The van der Waals surface area contributed by atoms with Gasteiger partial charge in [-0.15, -0.1) is 0 Å². The first-order chi connectivity index (χ1) is 12.5. The molecule has 3 aromatic rings. The average molecular weight is 353 g/mol. The molecule has 2 heterocycles. The summed E-state index contributed by atoms with van der Waals surface area (Å²) in [4.78, 5) is 20.6. The number of hydrogen-bond acceptors (Lipinski definition) is 6. The van der Waals surface area contributed by atoms with E-state index in [1.165, 1.54) is 12.4 Å². The number of aryl methyl sites for hydroxylation is 2. The van der Waals surface area contributed by atoms with Crippen LogP contribution in [-0.4, -0.2) is 36.9 Å². The highest BCUT2D eigenvalue weighted by molar-refractivity contribution is 5.87. The molecular formula is C18H19N5O3. The maximum atomic E-state index is 12.2. The number of carbonyl (C=O) groups excluding carboxylic acids is 1. The van der Waals surface area contributed by atoms with Gasteiger partial charge in [0.25, 0.3) is 5.91 Å². The van der Waals surface area contributed by atoms with Crippen molar-refractivity contribution in [1.82, 2.24) is 20.0 Å². The minimum Gasteiger partial charge on any atom is -0.505 e. The molecule has 3 N–H and O–H groups in total. The van der Waals surface area contributed by atoms with Gasteiger partial charge in [-0.3, -0.25) is 9.78 Å². The van der Waals surface area contributed by atoms with E-state index in [2.05, 4.69) is 20.5 Å². The number of hydrazone groups is 1. The number of carbonyl (C=O) groups is 1. The third kappa shape index (κ3) is 3.40. The Morgan fingerprint density at radius 3 is 2.88 bits per heavy atom. The quantitative estimate of drug-likeness (QED) is 0.474. The summed E-state index contributed by atoms with van der Waals surface area (Å²) in [6.45, 7) is 3.25. The summed E-state index contributed by atoms with van der Waals surface area (Å²) in [7, 11) is 0. The van der Waals surface area contributed by atoms with Crippen LogP contribution in [0.4, 0.5) is 0 Å². The summed E-state index contributed by atoms with van der Waals surface area (Å²) in [5.41, 5.74) is 5.28. The van der Waals surface area contributed by atoms with Crippen LogP contribution in [0.25, 0.3) is 11.0 Å². The van der Waals surface area contributed by atoms with Gasteiger partial charge in [-0.05, 0) is 26.0 Å². The molecule has 1 amide bonds. The molecule has 0 fully saturated rings. The lowest BCUT2D eigenvalue weighted by molar-refractivity contribution is -0.121. The van der Waals surface area contributed by atoms with Crippen molar-refractivity contribution >= 4 is 23.2 Å². The summed E-state index contributed by atoms with van der Waals surface area (Å²) in [5, 5.41) is 23.3. The summed E-state index contributed by atoms with van der Waals surface area (Å²) < 4.78 is 1.80.